The van der Waals surface area contributed by atoms with Gasteiger partial charge in [-0.25, -0.2) is 0 Å². The van der Waals surface area contributed by atoms with Gasteiger partial charge in [0.15, 0.2) is 23.9 Å². The summed E-state index contributed by atoms with van der Waals surface area (Å²) in [5.74, 6) is 1.90. The molecule has 0 spiro atoms. The summed E-state index contributed by atoms with van der Waals surface area (Å²) < 4.78 is 16.1. The molecule has 7 heteroatoms. The van der Waals surface area contributed by atoms with Crippen molar-refractivity contribution in [1.82, 2.24) is 0 Å². The fourth-order valence-electron chi connectivity index (χ4n) is 2.60. The van der Waals surface area contributed by atoms with Gasteiger partial charge in [0.2, 0.25) is 0 Å². The molecular weight excluding hydrogens is 324 g/mol. The zero-order chi connectivity index (χ0) is 18.0. The molecule has 0 radical (unpaired) electrons. The van der Waals surface area contributed by atoms with Gasteiger partial charge in [0.1, 0.15) is 5.76 Å². The molecule has 3 N–H and O–H groups in total. The van der Waals surface area contributed by atoms with Gasteiger partial charge in [-0.1, -0.05) is 6.92 Å². The number of benzene rings is 1. The number of rotatable bonds is 7. The molecule has 0 bridgehead atoms. The Kier molecular flexibility index (Phi) is 4.65. The standard InChI is InChI=1S/C18H20N2O5/c1-10-7-12(10)13-5-6-15(25-13)18(22)20-11-3-4-14(23-2)16(8-11)24-9-17(19)21/h3-6,8,10,12H,7,9H2,1-2H3,(H2,19,21)(H,20,22)/t10-,12+/m1/s1. The summed E-state index contributed by atoms with van der Waals surface area (Å²) in [5, 5.41) is 2.74. The molecule has 132 valence electrons. The smallest absolute Gasteiger partial charge is 0.291 e. The first-order valence-corrected chi connectivity index (χ1v) is 7.98. The minimum Gasteiger partial charge on any atom is -0.493 e. The normalized spacial score (nSPS) is 18.5. The lowest BCUT2D eigenvalue weighted by atomic mass is 10.2. The highest BCUT2D eigenvalue weighted by Gasteiger charge is 2.37. The van der Waals surface area contributed by atoms with Crippen LogP contribution in [-0.4, -0.2) is 25.5 Å². The van der Waals surface area contributed by atoms with Gasteiger partial charge in [0, 0.05) is 17.7 Å². The number of anilines is 1. The molecular formula is C18H20N2O5. The van der Waals surface area contributed by atoms with Gasteiger partial charge in [-0.05, 0) is 36.6 Å². The quantitative estimate of drug-likeness (QED) is 0.803. The number of nitrogens with two attached hydrogens (primary N) is 1. The first kappa shape index (κ1) is 16.9. The van der Waals surface area contributed by atoms with Crippen LogP contribution in [0.1, 0.15) is 35.6 Å². The fraction of sp³-hybridized carbons (Fsp3) is 0.333. The lowest BCUT2D eigenvalue weighted by molar-refractivity contribution is -0.119. The van der Waals surface area contributed by atoms with Gasteiger partial charge < -0.3 is 24.9 Å². The van der Waals surface area contributed by atoms with E-state index in [1.807, 2.05) is 6.07 Å². The molecule has 0 aliphatic heterocycles. The Balaban J connectivity index is 1.70. The maximum atomic E-state index is 12.3. The second kappa shape index (κ2) is 6.88. The van der Waals surface area contributed by atoms with Crippen LogP contribution in [0.25, 0.3) is 0 Å². The van der Waals surface area contributed by atoms with Crippen molar-refractivity contribution < 1.29 is 23.5 Å². The van der Waals surface area contributed by atoms with Crippen molar-refractivity contribution >= 4 is 17.5 Å². The summed E-state index contributed by atoms with van der Waals surface area (Å²) in [5.41, 5.74) is 5.57. The minimum absolute atomic E-state index is 0.254. The van der Waals surface area contributed by atoms with E-state index in [9.17, 15) is 9.59 Å². The van der Waals surface area contributed by atoms with Crippen molar-refractivity contribution in [3.8, 4) is 11.5 Å². The monoisotopic (exact) mass is 344 g/mol. The highest BCUT2D eigenvalue weighted by Crippen LogP contribution is 2.47. The van der Waals surface area contributed by atoms with Gasteiger partial charge in [-0.3, -0.25) is 9.59 Å². The molecule has 1 heterocycles. The van der Waals surface area contributed by atoms with E-state index in [0.717, 1.165) is 12.2 Å². The highest BCUT2D eigenvalue weighted by atomic mass is 16.5. The zero-order valence-corrected chi connectivity index (χ0v) is 14.1. The number of carbonyl (C=O) groups excluding carboxylic acids is 2. The molecule has 2 aromatic rings. The van der Waals surface area contributed by atoms with Gasteiger partial charge in [-0.15, -0.1) is 0 Å². The number of furan rings is 1. The largest absolute Gasteiger partial charge is 0.493 e. The Bertz CT molecular complexity index is 799. The van der Waals surface area contributed by atoms with Crippen LogP contribution in [0.5, 0.6) is 11.5 Å². The van der Waals surface area contributed by atoms with Crippen LogP contribution < -0.4 is 20.5 Å². The second-order valence-corrected chi connectivity index (χ2v) is 6.10. The Labute approximate surface area is 145 Å². The third kappa shape index (κ3) is 3.93. The van der Waals surface area contributed by atoms with E-state index < -0.39 is 5.91 Å². The summed E-state index contributed by atoms with van der Waals surface area (Å²) in [7, 11) is 1.48. The van der Waals surface area contributed by atoms with Crippen LogP contribution in [0.4, 0.5) is 5.69 Å². The average Bonchev–Trinajstić information content (AvgIpc) is 3.11. The first-order chi connectivity index (χ1) is 12.0. The molecule has 0 unspecified atom stereocenters. The van der Waals surface area contributed by atoms with E-state index in [-0.39, 0.29) is 18.3 Å². The number of ether oxygens (including phenoxy) is 2. The van der Waals surface area contributed by atoms with Crippen LogP contribution in [0, 0.1) is 5.92 Å². The molecule has 7 nitrogen and oxygen atoms in total. The van der Waals surface area contributed by atoms with Gasteiger partial charge in [-0.2, -0.15) is 0 Å². The molecule has 1 fully saturated rings. The van der Waals surface area contributed by atoms with E-state index in [1.54, 1.807) is 24.3 Å². The van der Waals surface area contributed by atoms with E-state index in [0.29, 0.717) is 29.0 Å². The van der Waals surface area contributed by atoms with Crippen LogP contribution >= 0.6 is 0 Å². The van der Waals surface area contributed by atoms with Crippen LogP contribution in [0.2, 0.25) is 0 Å². The summed E-state index contributed by atoms with van der Waals surface area (Å²) >= 11 is 0. The van der Waals surface area contributed by atoms with E-state index in [4.69, 9.17) is 19.6 Å². The van der Waals surface area contributed by atoms with E-state index in [1.165, 1.54) is 7.11 Å². The fourth-order valence-corrected chi connectivity index (χ4v) is 2.60. The number of hydrogen-bond acceptors (Lipinski definition) is 5. The Morgan fingerprint density at radius 2 is 2.04 bits per heavy atom. The molecule has 1 saturated carbocycles. The third-order valence-corrected chi connectivity index (χ3v) is 4.12. The lowest BCUT2D eigenvalue weighted by Gasteiger charge is -2.11. The van der Waals surface area contributed by atoms with Crippen molar-refractivity contribution in [3.63, 3.8) is 0 Å². The van der Waals surface area contributed by atoms with Crippen LogP contribution in [0.3, 0.4) is 0 Å². The van der Waals surface area contributed by atoms with E-state index >= 15 is 0 Å². The van der Waals surface area contributed by atoms with Crippen LogP contribution in [-0.2, 0) is 4.79 Å². The Morgan fingerprint density at radius 3 is 2.68 bits per heavy atom. The maximum Gasteiger partial charge on any atom is 0.291 e. The Hall–Kier alpha value is -2.96. The van der Waals surface area contributed by atoms with Crippen molar-refractivity contribution in [1.29, 1.82) is 0 Å². The number of hydrogen-bond donors (Lipinski definition) is 2. The number of primary amides is 1. The molecule has 2 atom stereocenters. The topological polar surface area (TPSA) is 104 Å². The number of methoxy groups -OCH3 is 1. The average molecular weight is 344 g/mol. The lowest BCUT2D eigenvalue weighted by Crippen LogP contribution is -2.20. The van der Waals surface area contributed by atoms with Crippen LogP contribution in [0.15, 0.2) is 34.7 Å². The Morgan fingerprint density at radius 1 is 1.28 bits per heavy atom. The van der Waals surface area contributed by atoms with E-state index in [2.05, 4.69) is 12.2 Å². The molecule has 0 saturated heterocycles. The molecule has 2 amide bonds. The molecule has 25 heavy (non-hydrogen) atoms. The maximum absolute atomic E-state index is 12.3. The van der Waals surface area contributed by atoms with Crippen molar-refractivity contribution in [2.24, 2.45) is 11.7 Å². The van der Waals surface area contributed by atoms with Gasteiger partial charge in [0.05, 0.1) is 7.11 Å². The summed E-state index contributed by atoms with van der Waals surface area (Å²) in [6.07, 6.45) is 1.09. The molecule has 1 aliphatic carbocycles. The van der Waals surface area contributed by atoms with Crippen molar-refractivity contribution in [3.05, 3.63) is 41.9 Å². The number of nitrogens with one attached hydrogen (secondary N) is 1. The minimum atomic E-state index is -0.603. The molecule has 1 aliphatic rings. The summed E-state index contributed by atoms with van der Waals surface area (Å²) in [6.45, 7) is 1.87. The van der Waals surface area contributed by atoms with Gasteiger partial charge >= 0.3 is 0 Å². The third-order valence-electron chi connectivity index (χ3n) is 4.12. The molecule has 3 rings (SSSR count). The summed E-state index contributed by atoms with van der Waals surface area (Å²) in [6, 6.07) is 8.38. The predicted molar refractivity (Wildman–Crippen MR) is 90.9 cm³/mol. The summed E-state index contributed by atoms with van der Waals surface area (Å²) in [4.78, 5) is 23.2. The van der Waals surface area contributed by atoms with Gasteiger partial charge in [0.25, 0.3) is 11.8 Å². The zero-order valence-electron chi connectivity index (χ0n) is 14.1. The first-order valence-electron chi connectivity index (χ1n) is 7.98. The number of carbonyl (C=O) groups is 2. The number of amides is 2. The van der Waals surface area contributed by atoms with Crippen molar-refractivity contribution in [2.45, 2.75) is 19.3 Å². The molecule has 1 aromatic heterocycles. The highest BCUT2D eigenvalue weighted by molar-refractivity contribution is 6.02. The predicted octanol–water partition coefficient (Wildman–Crippen LogP) is 2.53. The van der Waals surface area contributed by atoms with Crippen molar-refractivity contribution in [2.75, 3.05) is 19.0 Å². The SMILES string of the molecule is COc1ccc(NC(=O)c2ccc([C@H]3C[C@H]3C)o2)cc1OCC(N)=O. The second-order valence-electron chi connectivity index (χ2n) is 6.10. The molecule has 1 aromatic carbocycles.